The molecule has 0 spiro atoms. The smallest absolute Gasteiger partial charge is 0.310 e. The summed E-state index contributed by atoms with van der Waals surface area (Å²) < 4.78 is 106. The van der Waals surface area contributed by atoms with Crippen LogP contribution in [0.2, 0.25) is 0 Å². The van der Waals surface area contributed by atoms with Crippen LogP contribution < -0.4 is 0 Å². The van der Waals surface area contributed by atoms with Crippen LogP contribution in [0.1, 0.15) is 18.1 Å². The lowest BCUT2D eigenvalue weighted by Gasteiger charge is -2.08. The van der Waals surface area contributed by atoms with Gasteiger partial charge in [0.1, 0.15) is 16.9 Å². The highest BCUT2D eigenvalue weighted by molar-refractivity contribution is 7.91. The number of hydrogen-bond acceptors (Lipinski definition) is 5. The van der Waals surface area contributed by atoms with Gasteiger partial charge in [-0.15, -0.1) is 0 Å². The molecule has 4 aromatic heterocycles. The molecule has 0 aliphatic carbocycles. The Morgan fingerprint density at radius 3 is 2.25 bits per heavy atom. The molecule has 4 aromatic rings. The van der Waals surface area contributed by atoms with Gasteiger partial charge in [-0.3, -0.25) is 4.40 Å². The molecule has 0 aliphatic heterocycles. The molecule has 0 saturated heterocycles. The van der Waals surface area contributed by atoms with E-state index in [1.54, 1.807) is 0 Å². The molecule has 0 unspecified atom stereocenters. The third-order valence-corrected chi connectivity index (χ3v) is 6.57. The van der Waals surface area contributed by atoms with Crippen LogP contribution in [0.5, 0.6) is 0 Å². The van der Waals surface area contributed by atoms with E-state index in [1.165, 1.54) is 18.5 Å². The van der Waals surface area contributed by atoms with Gasteiger partial charge in [0, 0.05) is 19.4 Å². The maximum Gasteiger partial charge on any atom is 0.417 e. The van der Waals surface area contributed by atoms with Crippen LogP contribution in [0.4, 0.5) is 26.3 Å². The van der Waals surface area contributed by atoms with E-state index in [2.05, 4.69) is 15.0 Å². The Labute approximate surface area is 176 Å². The van der Waals surface area contributed by atoms with Crippen molar-refractivity contribution in [3.05, 3.63) is 41.7 Å². The van der Waals surface area contributed by atoms with Gasteiger partial charge in [0.2, 0.25) is 0 Å². The summed E-state index contributed by atoms with van der Waals surface area (Å²) in [6.45, 7) is 1.34. The first kappa shape index (κ1) is 22.0. The Bertz CT molecular complexity index is 1470. The van der Waals surface area contributed by atoms with Crippen molar-refractivity contribution in [1.29, 1.82) is 0 Å². The van der Waals surface area contributed by atoms with E-state index in [9.17, 15) is 34.8 Å². The molecule has 0 fully saturated rings. The van der Waals surface area contributed by atoms with Gasteiger partial charge < -0.3 is 4.57 Å². The average Bonchev–Trinajstić information content (AvgIpc) is 3.24. The first-order valence-corrected chi connectivity index (χ1v) is 10.6. The van der Waals surface area contributed by atoms with Crippen LogP contribution >= 0.6 is 0 Å². The Kier molecular flexibility index (Phi) is 4.77. The van der Waals surface area contributed by atoms with E-state index in [1.807, 2.05) is 0 Å². The highest BCUT2D eigenvalue weighted by atomic mass is 32.2. The number of fused-ring (bicyclic) bond motifs is 2. The van der Waals surface area contributed by atoms with Crippen molar-refractivity contribution in [3.8, 4) is 11.5 Å². The highest BCUT2D eigenvalue weighted by Gasteiger charge is 2.34. The van der Waals surface area contributed by atoms with Crippen LogP contribution in [0.3, 0.4) is 0 Å². The van der Waals surface area contributed by atoms with Crippen molar-refractivity contribution in [2.24, 2.45) is 7.05 Å². The predicted molar refractivity (Wildman–Crippen MR) is 100 cm³/mol. The van der Waals surface area contributed by atoms with Gasteiger partial charge in [-0.25, -0.2) is 23.4 Å². The molecule has 170 valence electrons. The normalized spacial score (nSPS) is 13.4. The third kappa shape index (κ3) is 3.47. The summed E-state index contributed by atoms with van der Waals surface area (Å²) in [4.78, 5) is 11.9. The molecule has 4 rings (SSSR count). The van der Waals surface area contributed by atoms with E-state index in [4.69, 9.17) is 0 Å². The maximum atomic E-state index is 13.1. The number of nitrogens with zero attached hydrogens (tertiary/aromatic N) is 5. The molecule has 0 N–H and O–H groups in total. The zero-order valence-electron chi connectivity index (χ0n) is 16.3. The molecule has 14 heteroatoms. The topological polar surface area (TPSA) is 82.1 Å². The van der Waals surface area contributed by atoms with Crippen molar-refractivity contribution in [2.45, 2.75) is 24.3 Å². The van der Waals surface area contributed by atoms with E-state index >= 15 is 0 Å². The second-order valence-electron chi connectivity index (χ2n) is 6.87. The first-order valence-electron chi connectivity index (χ1n) is 8.96. The van der Waals surface area contributed by atoms with Crippen molar-refractivity contribution < 1.29 is 34.8 Å². The van der Waals surface area contributed by atoms with Crippen molar-refractivity contribution >= 4 is 26.6 Å². The summed E-state index contributed by atoms with van der Waals surface area (Å²) in [5.74, 6) is -0.550. The van der Waals surface area contributed by atoms with Gasteiger partial charge in [-0.2, -0.15) is 26.3 Å². The van der Waals surface area contributed by atoms with Gasteiger partial charge in [-0.1, -0.05) is 6.92 Å². The minimum atomic E-state index is -4.69. The summed E-state index contributed by atoms with van der Waals surface area (Å²) in [5, 5.41) is -0.418. The minimum Gasteiger partial charge on any atom is -0.310 e. The van der Waals surface area contributed by atoms with Gasteiger partial charge in [0.25, 0.3) is 0 Å². The van der Waals surface area contributed by atoms with Crippen LogP contribution in [0, 0.1) is 0 Å². The lowest BCUT2D eigenvalue weighted by molar-refractivity contribution is -0.138. The van der Waals surface area contributed by atoms with Crippen LogP contribution in [-0.2, 0) is 29.2 Å². The molecule has 0 radical (unpaired) electrons. The first-order chi connectivity index (χ1) is 14.7. The van der Waals surface area contributed by atoms with Crippen LogP contribution in [-0.4, -0.2) is 38.1 Å². The fourth-order valence-corrected chi connectivity index (χ4v) is 4.38. The molecule has 0 bridgehead atoms. The molecule has 0 aliphatic rings. The number of alkyl halides is 6. The molecular weight excluding hydrogens is 464 g/mol. The molecule has 32 heavy (non-hydrogen) atoms. The number of imidazole rings is 2. The fourth-order valence-electron chi connectivity index (χ4n) is 3.22. The minimum absolute atomic E-state index is 0.0147. The third-order valence-electron chi connectivity index (χ3n) is 4.83. The summed E-state index contributed by atoms with van der Waals surface area (Å²) in [6, 6.07) is 2.14. The molecule has 7 nitrogen and oxygen atoms in total. The maximum absolute atomic E-state index is 13.1. The monoisotopic (exact) mass is 477 g/mol. The molecule has 0 atom stereocenters. The summed E-state index contributed by atoms with van der Waals surface area (Å²) in [6.07, 6.45) is -7.82. The molecule has 0 saturated carbocycles. The van der Waals surface area contributed by atoms with Gasteiger partial charge in [0.05, 0.1) is 16.9 Å². The second kappa shape index (κ2) is 6.92. The Morgan fingerprint density at radius 2 is 1.66 bits per heavy atom. The molecule has 0 aromatic carbocycles. The second-order valence-corrected chi connectivity index (χ2v) is 9.06. The Balaban J connectivity index is 2.04. The van der Waals surface area contributed by atoms with Crippen molar-refractivity contribution in [1.82, 2.24) is 23.9 Å². The van der Waals surface area contributed by atoms with E-state index in [0.29, 0.717) is 18.3 Å². The standard InChI is InChI=1S/C18H13F6N5O2S/c1-3-32(30,31)16-13(27-12-7-9(17(19,20)21)4-5-29(12)16)15-26-11-6-10(18(22,23)24)8-25-14(11)28(15)2/h4-8H,3H2,1-2H3. The average molecular weight is 477 g/mol. The summed E-state index contributed by atoms with van der Waals surface area (Å²) in [7, 11) is -2.64. The fraction of sp³-hybridized carbons (Fsp3) is 0.278. The van der Waals surface area contributed by atoms with Crippen molar-refractivity contribution in [2.75, 3.05) is 5.75 Å². The number of aromatic nitrogens is 5. The summed E-state index contributed by atoms with van der Waals surface area (Å²) >= 11 is 0. The zero-order valence-corrected chi connectivity index (χ0v) is 17.1. The largest absolute Gasteiger partial charge is 0.417 e. The quantitative estimate of drug-likeness (QED) is 0.415. The van der Waals surface area contributed by atoms with Crippen LogP contribution in [0.25, 0.3) is 28.3 Å². The number of sulfone groups is 1. The van der Waals surface area contributed by atoms with Crippen LogP contribution in [0.15, 0.2) is 35.6 Å². The number of aryl methyl sites for hydroxylation is 1. The highest BCUT2D eigenvalue weighted by Crippen LogP contribution is 2.35. The van der Waals surface area contributed by atoms with Gasteiger partial charge in [0.15, 0.2) is 26.3 Å². The number of pyridine rings is 2. The molecule has 4 heterocycles. The van der Waals surface area contributed by atoms with Crippen molar-refractivity contribution in [3.63, 3.8) is 0 Å². The lowest BCUT2D eigenvalue weighted by Crippen LogP contribution is -2.10. The van der Waals surface area contributed by atoms with E-state index in [-0.39, 0.29) is 28.3 Å². The van der Waals surface area contributed by atoms with Gasteiger partial charge >= 0.3 is 12.4 Å². The number of rotatable bonds is 3. The zero-order chi connectivity index (χ0) is 23.6. The molecular formula is C18H13F6N5O2S. The SMILES string of the molecule is CCS(=O)(=O)c1c(-c2nc3cc(C(F)(F)F)cnc3n2C)nc2cc(C(F)(F)F)ccn12. The molecule has 0 amide bonds. The van der Waals surface area contributed by atoms with E-state index < -0.39 is 44.1 Å². The number of halogens is 6. The lowest BCUT2D eigenvalue weighted by atomic mass is 10.2. The number of hydrogen-bond donors (Lipinski definition) is 0. The Hall–Kier alpha value is -3.16. The Morgan fingerprint density at radius 1 is 1.00 bits per heavy atom. The van der Waals surface area contributed by atoms with Gasteiger partial charge in [-0.05, 0) is 18.2 Å². The van der Waals surface area contributed by atoms with E-state index in [0.717, 1.165) is 16.7 Å². The summed E-state index contributed by atoms with van der Waals surface area (Å²) in [5.41, 5.74) is -2.85. The predicted octanol–water partition coefficient (Wildman–Crippen LogP) is 4.11.